The van der Waals surface area contributed by atoms with Crippen molar-refractivity contribution in [1.82, 2.24) is 5.32 Å². The van der Waals surface area contributed by atoms with Gasteiger partial charge in [0.2, 0.25) is 10.0 Å². The SMILES string of the molecule is Cc1ccc(NC(=O)N[C@H]2CCC[C@H](C3CC3)C2)cc1N1CCCS1(=O)=O. The molecule has 6 nitrogen and oxygen atoms in total. The Balaban J connectivity index is 1.40. The predicted octanol–water partition coefficient (Wildman–Crippen LogP) is 3.63. The first kappa shape index (κ1) is 18.6. The van der Waals surface area contributed by atoms with Crippen LogP contribution in [0.1, 0.15) is 50.5 Å². The second-order valence-electron chi connectivity index (χ2n) is 8.30. The zero-order valence-electron chi connectivity index (χ0n) is 15.9. The van der Waals surface area contributed by atoms with Crippen LogP contribution in [-0.4, -0.2) is 32.8 Å². The number of nitrogens with one attached hydrogen (secondary N) is 2. The molecule has 3 fully saturated rings. The number of amides is 2. The lowest BCUT2D eigenvalue weighted by atomic mass is 9.83. The Hall–Kier alpha value is -1.76. The molecule has 0 radical (unpaired) electrons. The minimum Gasteiger partial charge on any atom is -0.335 e. The summed E-state index contributed by atoms with van der Waals surface area (Å²) in [6.45, 7) is 2.40. The second kappa shape index (κ2) is 7.34. The number of hydrogen-bond donors (Lipinski definition) is 2. The number of anilines is 2. The van der Waals surface area contributed by atoms with Gasteiger partial charge < -0.3 is 10.6 Å². The van der Waals surface area contributed by atoms with E-state index in [2.05, 4.69) is 10.6 Å². The van der Waals surface area contributed by atoms with E-state index in [0.29, 0.717) is 24.3 Å². The number of carbonyl (C=O) groups is 1. The quantitative estimate of drug-likeness (QED) is 0.823. The van der Waals surface area contributed by atoms with Crippen LogP contribution >= 0.6 is 0 Å². The lowest BCUT2D eigenvalue weighted by Gasteiger charge is -2.30. The van der Waals surface area contributed by atoms with E-state index < -0.39 is 10.0 Å². The normalized spacial score (nSPS) is 27.4. The van der Waals surface area contributed by atoms with Gasteiger partial charge in [-0.25, -0.2) is 13.2 Å². The Morgan fingerprint density at radius 1 is 1.11 bits per heavy atom. The van der Waals surface area contributed by atoms with Gasteiger partial charge >= 0.3 is 6.03 Å². The van der Waals surface area contributed by atoms with Gasteiger partial charge in [-0.05, 0) is 68.6 Å². The van der Waals surface area contributed by atoms with Crippen LogP contribution in [0.5, 0.6) is 0 Å². The predicted molar refractivity (Wildman–Crippen MR) is 108 cm³/mol. The third-order valence-electron chi connectivity index (χ3n) is 6.17. The number of nitrogens with zero attached hydrogens (tertiary/aromatic N) is 1. The molecule has 2 aliphatic carbocycles. The fourth-order valence-corrected chi connectivity index (χ4v) is 6.19. The molecule has 4 rings (SSSR count). The van der Waals surface area contributed by atoms with E-state index in [4.69, 9.17) is 0 Å². The second-order valence-corrected chi connectivity index (χ2v) is 10.3. The molecular formula is C20H29N3O3S. The molecule has 1 aromatic carbocycles. The molecule has 2 amide bonds. The van der Waals surface area contributed by atoms with Crippen LogP contribution < -0.4 is 14.9 Å². The molecular weight excluding hydrogens is 362 g/mol. The first-order valence-corrected chi connectivity index (χ1v) is 11.7. The summed E-state index contributed by atoms with van der Waals surface area (Å²) in [7, 11) is -3.23. The highest BCUT2D eigenvalue weighted by Crippen LogP contribution is 2.43. The first-order valence-electron chi connectivity index (χ1n) is 10.1. The molecule has 0 unspecified atom stereocenters. The van der Waals surface area contributed by atoms with Gasteiger partial charge in [-0.3, -0.25) is 4.31 Å². The molecule has 2 N–H and O–H groups in total. The topological polar surface area (TPSA) is 78.5 Å². The zero-order chi connectivity index (χ0) is 19.0. The largest absolute Gasteiger partial charge is 0.335 e. The van der Waals surface area contributed by atoms with Gasteiger partial charge in [0.15, 0.2) is 0 Å². The summed E-state index contributed by atoms with van der Waals surface area (Å²) >= 11 is 0. The smallest absolute Gasteiger partial charge is 0.319 e. The number of sulfonamides is 1. The van der Waals surface area contributed by atoms with Gasteiger partial charge in [-0.1, -0.05) is 18.9 Å². The Morgan fingerprint density at radius 2 is 1.93 bits per heavy atom. The van der Waals surface area contributed by atoms with Crippen LogP contribution in [0.2, 0.25) is 0 Å². The van der Waals surface area contributed by atoms with Crippen LogP contribution in [-0.2, 0) is 10.0 Å². The van der Waals surface area contributed by atoms with Crippen molar-refractivity contribution in [2.75, 3.05) is 21.9 Å². The molecule has 1 aromatic rings. The van der Waals surface area contributed by atoms with Gasteiger partial charge in [0.1, 0.15) is 0 Å². The monoisotopic (exact) mass is 391 g/mol. The van der Waals surface area contributed by atoms with Crippen molar-refractivity contribution >= 4 is 27.4 Å². The fourth-order valence-electron chi connectivity index (χ4n) is 4.57. The average molecular weight is 392 g/mol. The molecule has 3 aliphatic rings. The molecule has 0 aromatic heterocycles. The summed E-state index contributed by atoms with van der Waals surface area (Å²) in [5, 5.41) is 6.01. The molecule has 1 heterocycles. The van der Waals surface area contributed by atoms with E-state index in [-0.39, 0.29) is 17.8 Å². The number of hydrogen-bond acceptors (Lipinski definition) is 3. The van der Waals surface area contributed by atoms with Gasteiger partial charge in [0, 0.05) is 18.3 Å². The van der Waals surface area contributed by atoms with Crippen LogP contribution in [0.15, 0.2) is 18.2 Å². The summed E-state index contributed by atoms with van der Waals surface area (Å²) in [5.41, 5.74) is 2.19. The van der Waals surface area contributed by atoms with E-state index >= 15 is 0 Å². The highest BCUT2D eigenvalue weighted by molar-refractivity contribution is 7.93. The maximum absolute atomic E-state index is 12.5. The van der Waals surface area contributed by atoms with E-state index in [0.717, 1.165) is 30.2 Å². The maximum atomic E-state index is 12.5. The van der Waals surface area contributed by atoms with Crippen molar-refractivity contribution in [3.63, 3.8) is 0 Å². The highest BCUT2D eigenvalue weighted by atomic mass is 32.2. The number of urea groups is 1. The minimum atomic E-state index is -3.23. The summed E-state index contributed by atoms with van der Waals surface area (Å²) in [5.74, 6) is 1.85. The van der Waals surface area contributed by atoms with Gasteiger partial charge in [0.25, 0.3) is 0 Å². The van der Waals surface area contributed by atoms with Crippen molar-refractivity contribution in [3.05, 3.63) is 23.8 Å². The standard InChI is InChI=1S/C20H29N3O3S/c1-14-6-9-18(13-19(14)23-10-3-11-27(23,25)26)22-20(24)21-17-5-2-4-16(12-17)15-7-8-15/h6,9,13,15-17H,2-5,7-8,10-12H2,1H3,(H2,21,22,24)/t16-,17-/m0/s1. The van der Waals surface area contributed by atoms with Crippen LogP contribution in [0, 0.1) is 18.8 Å². The average Bonchev–Trinajstić information content (AvgIpc) is 3.41. The van der Waals surface area contributed by atoms with Gasteiger partial charge in [-0.2, -0.15) is 0 Å². The molecule has 27 heavy (non-hydrogen) atoms. The number of carbonyl (C=O) groups excluding carboxylic acids is 1. The van der Waals surface area contributed by atoms with Gasteiger partial charge in [0.05, 0.1) is 11.4 Å². The van der Waals surface area contributed by atoms with Gasteiger partial charge in [-0.15, -0.1) is 0 Å². The Kier molecular flexibility index (Phi) is 5.05. The third kappa shape index (κ3) is 4.23. The minimum absolute atomic E-state index is 0.189. The molecule has 2 atom stereocenters. The molecule has 148 valence electrons. The molecule has 0 spiro atoms. The summed E-state index contributed by atoms with van der Waals surface area (Å²) in [6, 6.07) is 5.51. The first-order chi connectivity index (χ1) is 12.9. The molecule has 2 saturated carbocycles. The van der Waals surface area contributed by atoms with Crippen molar-refractivity contribution in [2.45, 2.75) is 57.9 Å². The van der Waals surface area contributed by atoms with Crippen molar-refractivity contribution < 1.29 is 13.2 Å². The maximum Gasteiger partial charge on any atom is 0.319 e. The number of rotatable bonds is 4. The number of benzene rings is 1. The van der Waals surface area contributed by atoms with E-state index in [1.165, 1.54) is 30.0 Å². The molecule has 1 saturated heterocycles. The molecule has 1 aliphatic heterocycles. The van der Waals surface area contributed by atoms with Crippen molar-refractivity contribution in [1.29, 1.82) is 0 Å². The van der Waals surface area contributed by atoms with Crippen molar-refractivity contribution in [2.24, 2.45) is 11.8 Å². The van der Waals surface area contributed by atoms with Crippen molar-refractivity contribution in [3.8, 4) is 0 Å². The van der Waals surface area contributed by atoms with E-state index in [1.54, 1.807) is 6.07 Å². The number of aryl methyl sites for hydroxylation is 1. The zero-order valence-corrected chi connectivity index (χ0v) is 16.7. The van der Waals surface area contributed by atoms with Crippen LogP contribution in [0.4, 0.5) is 16.2 Å². The Morgan fingerprint density at radius 3 is 2.63 bits per heavy atom. The molecule has 0 bridgehead atoms. The molecule has 7 heteroatoms. The lowest BCUT2D eigenvalue weighted by molar-refractivity contribution is 0.230. The highest BCUT2D eigenvalue weighted by Gasteiger charge is 2.35. The van der Waals surface area contributed by atoms with E-state index in [1.807, 2.05) is 19.1 Å². The van der Waals surface area contributed by atoms with E-state index in [9.17, 15) is 13.2 Å². The summed E-state index contributed by atoms with van der Waals surface area (Å²) < 4.78 is 25.9. The van der Waals surface area contributed by atoms with Crippen LogP contribution in [0.3, 0.4) is 0 Å². The lowest BCUT2D eigenvalue weighted by Crippen LogP contribution is -2.41. The summed E-state index contributed by atoms with van der Waals surface area (Å²) in [4.78, 5) is 12.5. The summed E-state index contributed by atoms with van der Waals surface area (Å²) in [6.07, 6.45) is 7.97. The third-order valence-corrected chi connectivity index (χ3v) is 8.03. The fraction of sp³-hybridized carbons (Fsp3) is 0.650. The Labute approximate surface area is 161 Å². The Bertz CT molecular complexity index is 820. The van der Waals surface area contributed by atoms with Crippen LogP contribution in [0.25, 0.3) is 0 Å².